The predicted molar refractivity (Wildman–Crippen MR) is 112 cm³/mol. The largest absolute Gasteiger partial charge is 0.469 e. The number of aryl methyl sites for hydroxylation is 1. The summed E-state index contributed by atoms with van der Waals surface area (Å²) >= 11 is 6.31. The van der Waals surface area contributed by atoms with Crippen molar-refractivity contribution in [3.63, 3.8) is 0 Å². The normalized spacial score (nSPS) is 20.1. The smallest absolute Gasteiger partial charge is 0.257 e. The van der Waals surface area contributed by atoms with Crippen LogP contribution in [0, 0.1) is 12.8 Å². The number of para-hydroxylation sites is 1. The van der Waals surface area contributed by atoms with Crippen LogP contribution in [0.3, 0.4) is 0 Å². The number of anilines is 1. The molecule has 1 atom stereocenters. The molecule has 154 valence electrons. The first-order valence-corrected chi connectivity index (χ1v) is 10.5. The van der Waals surface area contributed by atoms with Gasteiger partial charge in [-0.25, -0.2) is 0 Å². The maximum absolute atomic E-state index is 13.1. The molecule has 3 heterocycles. The molecule has 1 aromatic heterocycles. The fourth-order valence-electron chi connectivity index (χ4n) is 4.27. The van der Waals surface area contributed by atoms with Crippen molar-refractivity contribution < 1.29 is 14.0 Å². The molecule has 2 saturated heterocycles. The standard InChI is InChI=1S/C22H26ClN3O3/c1-16-18(8-14-29-16)22(28)26-9-4-5-17(15-26)21(27)25-12-10-24(11-13-25)20-7-3-2-6-19(20)23/h2-3,6-8,14,17H,4-5,9-13,15H2,1H3/t17-/m0/s1. The van der Waals surface area contributed by atoms with Crippen LogP contribution < -0.4 is 4.90 Å². The lowest BCUT2D eigenvalue weighted by Crippen LogP contribution is -2.53. The van der Waals surface area contributed by atoms with E-state index in [1.165, 1.54) is 6.26 Å². The zero-order valence-corrected chi connectivity index (χ0v) is 17.4. The molecule has 0 unspecified atom stereocenters. The summed E-state index contributed by atoms with van der Waals surface area (Å²) in [6.07, 6.45) is 3.21. The highest BCUT2D eigenvalue weighted by Crippen LogP contribution is 2.27. The lowest BCUT2D eigenvalue weighted by atomic mass is 9.95. The SMILES string of the molecule is Cc1occc1C(=O)N1CCC[C@H](C(=O)N2CCN(c3ccccc3Cl)CC2)C1. The summed E-state index contributed by atoms with van der Waals surface area (Å²) in [7, 11) is 0. The zero-order valence-electron chi connectivity index (χ0n) is 16.6. The molecular formula is C22H26ClN3O3. The van der Waals surface area contributed by atoms with E-state index in [1.807, 2.05) is 29.2 Å². The molecule has 6 nitrogen and oxygen atoms in total. The summed E-state index contributed by atoms with van der Waals surface area (Å²) in [4.78, 5) is 31.9. The summed E-state index contributed by atoms with van der Waals surface area (Å²) in [6.45, 7) is 5.83. The molecule has 7 heteroatoms. The van der Waals surface area contributed by atoms with E-state index in [0.29, 0.717) is 37.5 Å². The second-order valence-corrected chi connectivity index (χ2v) is 8.15. The average Bonchev–Trinajstić information content (AvgIpc) is 3.19. The van der Waals surface area contributed by atoms with E-state index in [9.17, 15) is 9.59 Å². The van der Waals surface area contributed by atoms with Crippen LogP contribution in [0.5, 0.6) is 0 Å². The highest BCUT2D eigenvalue weighted by molar-refractivity contribution is 6.33. The molecular weight excluding hydrogens is 390 g/mol. The van der Waals surface area contributed by atoms with E-state index in [2.05, 4.69) is 4.90 Å². The van der Waals surface area contributed by atoms with E-state index in [-0.39, 0.29) is 17.7 Å². The van der Waals surface area contributed by atoms with Crippen molar-refractivity contribution in [1.29, 1.82) is 0 Å². The molecule has 0 bridgehead atoms. The van der Waals surface area contributed by atoms with E-state index >= 15 is 0 Å². The second-order valence-electron chi connectivity index (χ2n) is 7.74. The number of hydrogen-bond acceptors (Lipinski definition) is 4. The third-order valence-corrected chi connectivity index (χ3v) is 6.25. The highest BCUT2D eigenvalue weighted by Gasteiger charge is 2.33. The van der Waals surface area contributed by atoms with Gasteiger partial charge in [0, 0.05) is 39.3 Å². The van der Waals surface area contributed by atoms with Crippen LogP contribution in [0.1, 0.15) is 29.0 Å². The molecule has 2 aliphatic rings. The van der Waals surface area contributed by atoms with Crippen molar-refractivity contribution in [2.24, 2.45) is 5.92 Å². The Labute approximate surface area is 176 Å². The highest BCUT2D eigenvalue weighted by atomic mass is 35.5. The van der Waals surface area contributed by atoms with Gasteiger partial charge in [-0.05, 0) is 38.0 Å². The number of hydrogen-bond donors (Lipinski definition) is 0. The Balaban J connectivity index is 1.36. The van der Waals surface area contributed by atoms with Gasteiger partial charge in [0.2, 0.25) is 5.91 Å². The van der Waals surface area contributed by atoms with Crippen LogP contribution >= 0.6 is 11.6 Å². The van der Waals surface area contributed by atoms with Gasteiger partial charge in [0.1, 0.15) is 5.76 Å². The number of piperidine rings is 1. The Kier molecular flexibility index (Phi) is 5.81. The van der Waals surface area contributed by atoms with Crippen molar-refractivity contribution in [3.05, 3.63) is 52.9 Å². The maximum Gasteiger partial charge on any atom is 0.257 e. The van der Waals surface area contributed by atoms with Gasteiger partial charge < -0.3 is 19.1 Å². The van der Waals surface area contributed by atoms with E-state index < -0.39 is 0 Å². The molecule has 4 rings (SSSR count). The van der Waals surface area contributed by atoms with Crippen LogP contribution in [0.4, 0.5) is 5.69 Å². The summed E-state index contributed by atoms with van der Waals surface area (Å²) in [5.74, 6) is 0.605. The molecule has 29 heavy (non-hydrogen) atoms. The van der Waals surface area contributed by atoms with Crippen LogP contribution in [0.2, 0.25) is 5.02 Å². The zero-order chi connectivity index (χ0) is 20.4. The Morgan fingerprint density at radius 1 is 1.03 bits per heavy atom. The second kappa shape index (κ2) is 8.49. The molecule has 0 radical (unpaired) electrons. The summed E-state index contributed by atoms with van der Waals surface area (Å²) < 4.78 is 5.26. The van der Waals surface area contributed by atoms with Gasteiger partial charge in [-0.15, -0.1) is 0 Å². The first-order chi connectivity index (χ1) is 14.0. The molecule has 0 saturated carbocycles. The number of piperazine rings is 1. The van der Waals surface area contributed by atoms with Gasteiger partial charge in [0.25, 0.3) is 5.91 Å². The fourth-order valence-corrected chi connectivity index (χ4v) is 4.53. The predicted octanol–water partition coefficient (Wildman–Crippen LogP) is 3.44. The van der Waals surface area contributed by atoms with Crippen molar-refractivity contribution in [1.82, 2.24) is 9.80 Å². The van der Waals surface area contributed by atoms with Crippen LogP contribution in [-0.2, 0) is 4.79 Å². The Bertz CT molecular complexity index is 889. The van der Waals surface area contributed by atoms with Gasteiger partial charge in [-0.1, -0.05) is 23.7 Å². The lowest BCUT2D eigenvalue weighted by Gasteiger charge is -2.40. The molecule has 2 amide bonds. The van der Waals surface area contributed by atoms with Crippen molar-refractivity contribution in [2.75, 3.05) is 44.2 Å². The van der Waals surface area contributed by atoms with E-state index in [0.717, 1.165) is 36.6 Å². The fraction of sp³-hybridized carbons (Fsp3) is 0.455. The average molecular weight is 416 g/mol. The van der Waals surface area contributed by atoms with E-state index in [4.69, 9.17) is 16.0 Å². The van der Waals surface area contributed by atoms with Crippen molar-refractivity contribution >= 4 is 29.1 Å². The third kappa shape index (κ3) is 4.13. The summed E-state index contributed by atoms with van der Waals surface area (Å²) in [5.41, 5.74) is 1.61. The molecule has 2 aliphatic heterocycles. The summed E-state index contributed by atoms with van der Waals surface area (Å²) in [6, 6.07) is 9.52. The lowest BCUT2D eigenvalue weighted by molar-refractivity contribution is -0.137. The number of amides is 2. The molecule has 0 aliphatic carbocycles. The molecule has 0 spiro atoms. The molecule has 2 fully saturated rings. The Morgan fingerprint density at radius 2 is 1.79 bits per heavy atom. The van der Waals surface area contributed by atoms with E-state index in [1.54, 1.807) is 17.9 Å². The molecule has 1 aromatic carbocycles. The van der Waals surface area contributed by atoms with Gasteiger partial charge >= 0.3 is 0 Å². The number of furan rings is 1. The molecule has 2 aromatic rings. The number of likely N-dealkylation sites (tertiary alicyclic amines) is 1. The minimum Gasteiger partial charge on any atom is -0.469 e. The van der Waals surface area contributed by atoms with Crippen LogP contribution in [-0.4, -0.2) is 60.9 Å². The first kappa shape index (κ1) is 19.8. The minimum atomic E-state index is -0.133. The Hall–Kier alpha value is -2.47. The Morgan fingerprint density at radius 3 is 2.48 bits per heavy atom. The molecule has 0 N–H and O–H groups in total. The third-order valence-electron chi connectivity index (χ3n) is 5.93. The number of carbonyl (C=O) groups is 2. The van der Waals surface area contributed by atoms with Gasteiger partial charge in [-0.2, -0.15) is 0 Å². The quantitative estimate of drug-likeness (QED) is 0.770. The number of carbonyl (C=O) groups excluding carboxylic acids is 2. The number of halogens is 1. The minimum absolute atomic E-state index is 0.0442. The van der Waals surface area contributed by atoms with Gasteiger partial charge in [0.15, 0.2) is 0 Å². The number of nitrogens with zero attached hydrogens (tertiary/aromatic N) is 3. The van der Waals surface area contributed by atoms with Gasteiger partial charge in [0.05, 0.1) is 28.5 Å². The van der Waals surface area contributed by atoms with Crippen LogP contribution in [0.25, 0.3) is 0 Å². The van der Waals surface area contributed by atoms with Gasteiger partial charge in [-0.3, -0.25) is 9.59 Å². The topological polar surface area (TPSA) is 57.0 Å². The number of rotatable bonds is 3. The van der Waals surface area contributed by atoms with Crippen molar-refractivity contribution in [2.45, 2.75) is 19.8 Å². The first-order valence-electron chi connectivity index (χ1n) is 10.2. The monoisotopic (exact) mass is 415 g/mol. The number of benzene rings is 1. The van der Waals surface area contributed by atoms with Crippen LogP contribution in [0.15, 0.2) is 41.0 Å². The maximum atomic E-state index is 13.1. The van der Waals surface area contributed by atoms with Crippen molar-refractivity contribution in [3.8, 4) is 0 Å². The summed E-state index contributed by atoms with van der Waals surface area (Å²) in [5, 5.41) is 0.739.